The molecule has 0 spiro atoms. The minimum absolute atomic E-state index is 0.00856. The van der Waals surface area contributed by atoms with Crippen molar-refractivity contribution in [2.24, 2.45) is 0 Å². The number of hydrogen-bond acceptors (Lipinski definition) is 5. The fraction of sp³-hybridized carbons (Fsp3) is 0.600. The first-order valence-electron chi connectivity index (χ1n) is 7.31. The Morgan fingerprint density at radius 3 is 2.76 bits per heavy atom. The van der Waals surface area contributed by atoms with Gasteiger partial charge in [-0.05, 0) is 11.6 Å². The van der Waals surface area contributed by atoms with Crippen LogP contribution in [0.2, 0.25) is 0 Å². The molecule has 0 aliphatic carbocycles. The van der Waals surface area contributed by atoms with Gasteiger partial charge in [-0.3, -0.25) is 10.1 Å². The van der Waals surface area contributed by atoms with E-state index in [0.29, 0.717) is 31.5 Å². The Balaban J connectivity index is 2.13. The first-order chi connectivity index (χ1) is 10.1. The third-order valence-corrected chi connectivity index (χ3v) is 3.40. The molecule has 0 aromatic heterocycles. The minimum atomic E-state index is -0.395. The van der Waals surface area contributed by atoms with Crippen LogP contribution in [0.25, 0.3) is 0 Å². The number of nitrogens with zero attached hydrogens (tertiary/aromatic N) is 1. The van der Waals surface area contributed by atoms with E-state index < -0.39 is 4.92 Å². The minimum Gasteiger partial charge on any atom is -0.483 e. The zero-order valence-corrected chi connectivity index (χ0v) is 12.5. The third-order valence-electron chi connectivity index (χ3n) is 3.40. The zero-order valence-electron chi connectivity index (χ0n) is 12.5. The highest BCUT2D eigenvalue weighted by atomic mass is 16.6. The van der Waals surface area contributed by atoms with Crippen LogP contribution in [0, 0.1) is 10.1 Å². The van der Waals surface area contributed by atoms with Crippen LogP contribution in [0.15, 0.2) is 18.2 Å². The lowest BCUT2D eigenvalue weighted by Crippen LogP contribution is -2.26. The van der Waals surface area contributed by atoms with Crippen molar-refractivity contribution >= 4 is 5.69 Å². The van der Waals surface area contributed by atoms with Crippen molar-refractivity contribution in [3.63, 3.8) is 0 Å². The molecule has 0 saturated carbocycles. The molecule has 116 valence electrons. The van der Waals surface area contributed by atoms with Gasteiger partial charge in [0.25, 0.3) is 0 Å². The van der Waals surface area contributed by atoms with E-state index in [4.69, 9.17) is 9.47 Å². The molecule has 1 aliphatic rings. The Labute approximate surface area is 124 Å². The SMILES string of the molecule is CC(C)NCc1ccc([N+](=O)[O-])c(OC2CCOCC2)c1. The summed E-state index contributed by atoms with van der Waals surface area (Å²) in [4.78, 5) is 10.7. The Morgan fingerprint density at radius 1 is 1.43 bits per heavy atom. The summed E-state index contributed by atoms with van der Waals surface area (Å²) in [7, 11) is 0. The van der Waals surface area contributed by atoms with Crippen molar-refractivity contribution in [1.29, 1.82) is 0 Å². The molecule has 0 radical (unpaired) electrons. The fourth-order valence-electron chi connectivity index (χ4n) is 2.21. The summed E-state index contributed by atoms with van der Waals surface area (Å²) in [5.74, 6) is 0.356. The molecule has 6 nitrogen and oxygen atoms in total. The molecule has 1 aromatic carbocycles. The second-order valence-corrected chi connectivity index (χ2v) is 5.52. The Hall–Kier alpha value is -1.66. The van der Waals surface area contributed by atoms with E-state index in [1.165, 1.54) is 6.07 Å². The lowest BCUT2D eigenvalue weighted by atomic mass is 10.1. The summed E-state index contributed by atoms with van der Waals surface area (Å²) in [5, 5.41) is 14.4. The van der Waals surface area contributed by atoms with E-state index in [1.54, 1.807) is 12.1 Å². The Kier molecular flexibility index (Phi) is 5.52. The molecule has 1 aliphatic heterocycles. The lowest BCUT2D eigenvalue weighted by molar-refractivity contribution is -0.386. The van der Waals surface area contributed by atoms with Gasteiger partial charge in [0.05, 0.1) is 18.1 Å². The predicted molar refractivity (Wildman–Crippen MR) is 79.5 cm³/mol. The molecule has 0 amide bonds. The molecule has 0 bridgehead atoms. The van der Waals surface area contributed by atoms with E-state index in [1.807, 2.05) is 0 Å². The molecule has 1 saturated heterocycles. The van der Waals surface area contributed by atoms with Crippen LogP contribution in [0.4, 0.5) is 5.69 Å². The molecule has 1 aromatic rings. The van der Waals surface area contributed by atoms with Crippen LogP contribution in [0.5, 0.6) is 5.75 Å². The van der Waals surface area contributed by atoms with Crippen LogP contribution in [-0.2, 0) is 11.3 Å². The van der Waals surface area contributed by atoms with Gasteiger partial charge in [0.2, 0.25) is 0 Å². The number of benzene rings is 1. The zero-order chi connectivity index (χ0) is 15.2. The largest absolute Gasteiger partial charge is 0.483 e. The fourth-order valence-corrected chi connectivity index (χ4v) is 2.21. The molecule has 1 heterocycles. The van der Waals surface area contributed by atoms with Crippen LogP contribution >= 0.6 is 0 Å². The van der Waals surface area contributed by atoms with Crippen LogP contribution in [-0.4, -0.2) is 30.3 Å². The van der Waals surface area contributed by atoms with E-state index >= 15 is 0 Å². The lowest BCUT2D eigenvalue weighted by Gasteiger charge is -2.23. The van der Waals surface area contributed by atoms with Crippen LogP contribution in [0.1, 0.15) is 32.3 Å². The normalized spacial score (nSPS) is 16.1. The van der Waals surface area contributed by atoms with E-state index in [0.717, 1.165) is 18.4 Å². The monoisotopic (exact) mass is 294 g/mol. The third kappa shape index (κ3) is 4.68. The van der Waals surface area contributed by atoms with Gasteiger partial charge < -0.3 is 14.8 Å². The van der Waals surface area contributed by atoms with Crippen molar-refractivity contribution in [2.45, 2.75) is 45.4 Å². The maximum atomic E-state index is 11.1. The van der Waals surface area contributed by atoms with E-state index in [-0.39, 0.29) is 11.8 Å². The molecule has 2 rings (SSSR count). The van der Waals surface area contributed by atoms with Crippen LogP contribution in [0.3, 0.4) is 0 Å². The van der Waals surface area contributed by atoms with Crippen molar-refractivity contribution in [2.75, 3.05) is 13.2 Å². The second kappa shape index (κ2) is 7.38. The van der Waals surface area contributed by atoms with E-state index in [2.05, 4.69) is 19.2 Å². The highest BCUT2D eigenvalue weighted by Crippen LogP contribution is 2.30. The maximum Gasteiger partial charge on any atom is 0.310 e. The number of nitro benzene ring substituents is 1. The molecular formula is C15H22N2O4. The van der Waals surface area contributed by atoms with Gasteiger partial charge >= 0.3 is 5.69 Å². The average Bonchev–Trinajstić information content (AvgIpc) is 2.46. The van der Waals surface area contributed by atoms with Crippen LogP contribution < -0.4 is 10.1 Å². The quantitative estimate of drug-likeness (QED) is 0.645. The molecule has 21 heavy (non-hydrogen) atoms. The maximum absolute atomic E-state index is 11.1. The molecule has 6 heteroatoms. The molecular weight excluding hydrogens is 272 g/mol. The number of nitro groups is 1. The Morgan fingerprint density at radius 2 is 2.14 bits per heavy atom. The first kappa shape index (κ1) is 15.7. The standard InChI is InChI=1S/C15H22N2O4/c1-11(2)16-10-12-3-4-14(17(18)19)15(9-12)21-13-5-7-20-8-6-13/h3-4,9,11,13,16H,5-8,10H2,1-2H3. The molecule has 1 fully saturated rings. The topological polar surface area (TPSA) is 73.6 Å². The summed E-state index contributed by atoms with van der Waals surface area (Å²) in [6, 6.07) is 5.42. The summed E-state index contributed by atoms with van der Waals surface area (Å²) in [6.45, 7) is 6.08. The average molecular weight is 294 g/mol. The highest BCUT2D eigenvalue weighted by molar-refractivity contribution is 5.48. The molecule has 0 atom stereocenters. The molecule has 1 N–H and O–H groups in total. The number of ether oxygens (including phenoxy) is 2. The summed E-state index contributed by atoms with van der Waals surface area (Å²) < 4.78 is 11.1. The summed E-state index contributed by atoms with van der Waals surface area (Å²) >= 11 is 0. The van der Waals surface area contributed by atoms with Crippen molar-refractivity contribution in [1.82, 2.24) is 5.32 Å². The highest BCUT2D eigenvalue weighted by Gasteiger charge is 2.21. The number of hydrogen-bond donors (Lipinski definition) is 1. The number of nitrogens with one attached hydrogen (secondary N) is 1. The van der Waals surface area contributed by atoms with Crippen molar-refractivity contribution in [3.05, 3.63) is 33.9 Å². The van der Waals surface area contributed by atoms with Gasteiger partial charge in [-0.2, -0.15) is 0 Å². The first-order valence-corrected chi connectivity index (χ1v) is 7.31. The van der Waals surface area contributed by atoms with Gasteiger partial charge in [0.15, 0.2) is 5.75 Å². The Bertz CT molecular complexity index is 485. The van der Waals surface area contributed by atoms with Gasteiger partial charge in [0, 0.05) is 31.5 Å². The van der Waals surface area contributed by atoms with Crippen molar-refractivity contribution < 1.29 is 14.4 Å². The summed E-state index contributed by atoms with van der Waals surface area (Å²) in [5.41, 5.74) is 1.01. The molecule has 0 unspecified atom stereocenters. The van der Waals surface area contributed by atoms with Gasteiger partial charge in [0.1, 0.15) is 6.10 Å². The van der Waals surface area contributed by atoms with Gasteiger partial charge in [-0.1, -0.05) is 19.9 Å². The number of rotatable bonds is 6. The van der Waals surface area contributed by atoms with Crippen molar-refractivity contribution in [3.8, 4) is 5.75 Å². The second-order valence-electron chi connectivity index (χ2n) is 5.52. The summed E-state index contributed by atoms with van der Waals surface area (Å²) in [6.07, 6.45) is 1.53. The van der Waals surface area contributed by atoms with Gasteiger partial charge in [-0.15, -0.1) is 0 Å². The predicted octanol–water partition coefficient (Wildman–Crippen LogP) is 2.65. The van der Waals surface area contributed by atoms with E-state index in [9.17, 15) is 10.1 Å². The smallest absolute Gasteiger partial charge is 0.310 e. The van der Waals surface area contributed by atoms with Gasteiger partial charge in [-0.25, -0.2) is 0 Å².